The summed E-state index contributed by atoms with van der Waals surface area (Å²) in [6.07, 6.45) is 4.53. The van der Waals surface area contributed by atoms with E-state index in [0.717, 1.165) is 31.0 Å². The molecule has 25 heavy (non-hydrogen) atoms. The van der Waals surface area contributed by atoms with E-state index in [1.54, 1.807) is 0 Å². The first kappa shape index (κ1) is 22.9. The maximum Gasteiger partial charge on any atom is 0.220 e. The van der Waals surface area contributed by atoms with Gasteiger partial charge < -0.3 is 25.2 Å². The van der Waals surface area contributed by atoms with Crippen molar-refractivity contribution < 1.29 is 30.0 Å². The lowest BCUT2D eigenvalue weighted by molar-refractivity contribution is -0.273. The van der Waals surface area contributed by atoms with Gasteiger partial charge in [-0.3, -0.25) is 4.79 Å². The monoisotopic (exact) mass is 378 g/mol. The van der Waals surface area contributed by atoms with Gasteiger partial charge >= 0.3 is 0 Å². The SMILES string of the molecule is CCCCCCCCCCCCSC(=O)[C@H]1O[C@H](O)[C@H](O)[C@@H](O)[C@H]1O. The Morgan fingerprint density at radius 2 is 1.32 bits per heavy atom. The maximum absolute atomic E-state index is 12.0. The highest BCUT2D eigenvalue weighted by atomic mass is 32.2. The van der Waals surface area contributed by atoms with Crippen LogP contribution in [0.15, 0.2) is 0 Å². The summed E-state index contributed by atoms with van der Waals surface area (Å²) in [7, 11) is 0. The van der Waals surface area contributed by atoms with Crippen molar-refractivity contribution in [2.24, 2.45) is 0 Å². The minimum atomic E-state index is -1.66. The number of aliphatic hydroxyl groups is 4. The number of aliphatic hydroxyl groups excluding tert-OH is 4. The third kappa shape index (κ3) is 8.37. The Labute approximate surface area is 155 Å². The summed E-state index contributed by atoms with van der Waals surface area (Å²) in [5.41, 5.74) is 0. The summed E-state index contributed by atoms with van der Waals surface area (Å²) in [4.78, 5) is 12.0. The summed E-state index contributed by atoms with van der Waals surface area (Å²) >= 11 is 1.04. The van der Waals surface area contributed by atoms with Gasteiger partial charge in [0.25, 0.3) is 0 Å². The normalized spacial score (nSPS) is 29.7. The van der Waals surface area contributed by atoms with Gasteiger partial charge in [-0.2, -0.15) is 0 Å². The molecule has 0 unspecified atom stereocenters. The van der Waals surface area contributed by atoms with Crippen LogP contribution < -0.4 is 0 Å². The van der Waals surface area contributed by atoms with E-state index in [2.05, 4.69) is 6.92 Å². The van der Waals surface area contributed by atoms with E-state index in [1.165, 1.54) is 44.9 Å². The molecule has 0 aliphatic carbocycles. The third-order valence-corrected chi connectivity index (χ3v) is 5.57. The molecule has 1 saturated heterocycles. The molecule has 0 amide bonds. The summed E-state index contributed by atoms with van der Waals surface area (Å²) in [6.45, 7) is 2.22. The lowest BCUT2D eigenvalue weighted by Crippen LogP contribution is -2.59. The first-order chi connectivity index (χ1) is 12.0. The quantitative estimate of drug-likeness (QED) is 0.385. The molecule has 1 rings (SSSR count). The number of thioether (sulfide) groups is 1. The van der Waals surface area contributed by atoms with Crippen molar-refractivity contribution in [2.45, 2.75) is 102 Å². The van der Waals surface area contributed by atoms with E-state index < -0.39 is 35.8 Å². The molecule has 148 valence electrons. The zero-order valence-electron chi connectivity index (χ0n) is 15.2. The minimum Gasteiger partial charge on any atom is -0.387 e. The Kier molecular flexibility index (Phi) is 11.9. The fourth-order valence-corrected chi connectivity index (χ4v) is 3.81. The van der Waals surface area contributed by atoms with Gasteiger partial charge in [-0.25, -0.2) is 0 Å². The van der Waals surface area contributed by atoms with E-state index >= 15 is 0 Å². The molecule has 0 spiro atoms. The highest BCUT2D eigenvalue weighted by Gasteiger charge is 2.45. The van der Waals surface area contributed by atoms with Gasteiger partial charge in [-0.1, -0.05) is 76.5 Å². The predicted octanol–water partition coefficient (Wildman–Crippen LogP) is 1.97. The van der Waals surface area contributed by atoms with Crippen LogP contribution in [0.3, 0.4) is 0 Å². The second-order valence-corrected chi connectivity index (χ2v) is 7.87. The van der Waals surface area contributed by atoms with Crippen LogP contribution >= 0.6 is 11.8 Å². The number of unbranched alkanes of at least 4 members (excludes halogenated alkanes) is 9. The van der Waals surface area contributed by atoms with Crippen LogP contribution in [0.1, 0.15) is 71.1 Å². The highest BCUT2D eigenvalue weighted by molar-refractivity contribution is 8.13. The van der Waals surface area contributed by atoms with Crippen molar-refractivity contribution in [2.75, 3.05) is 5.75 Å². The molecule has 0 saturated carbocycles. The summed E-state index contributed by atoms with van der Waals surface area (Å²) in [6, 6.07) is 0. The van der Waals surface area contributed by atoms with Crippen LogP contribution in [0.2, 0.25) is 0 Å². The maximum atomic E-state index is 12.0. The molecule has 0 aromatic heterocycles. The molecule has 5 atom stereocenters. The smallest absolute Gasteiger partial charge is 0.220 e. The Morgan fingerprint density at radius 1 is 0.800 bits per heavy atom. The number of ether oxygens (including phenoxy) is 1. The predicted molar refractivity (Wildman–Crippen MR) is 98.2 cm³/mol. The van der Waals surface area contributed by atoms with Crippen LogP contribution in [0.5, 0.6) is 0 Å². The molecule has 1 heterocycles. The molecule has 4 N–H and O–H groups in total. The zero-order valence-corrected chi connectivity index (χ0v) is 16.0. The van der Waals surface area contributed by atoms with Gasteiger partial charge in [0.2, 0.25) is 5.12 Å². The average Bonchev–Trinajstić information content (AvgIpc) is 2.60. The van der Waals surface area contributed by atoms with Crippen molar-refractivity contribution in [3.63, 3.8) is 0 Å². The molecule has 0 aromatic rings. The largest absolute Gasteiger partial charge is 0.387 e. The van der Waals surface area contributed by atoms with Gasteiger partial charge in [0.1, 0.15) is 18.3 Å². The number of rotatable bonds is 12. The fraction of sp³-hybridized carbons (Fsp3) is 0.944. The number of hydrogen-bond acceptors (Lipinski definition) is 7. The standard InChI is InChI=1S/C18H34O6S/c1-2-3-4-5-6-7-8-9-10-11-12-25-18(23)16-14(20)13(19)15(21)17(22)24-16/h13-17,19-22H,2-12H2,1H3/t13-,14+,15+,16-,17-/m0/s1. The van der Waals surface area contributed by atoms with Crippen LogP contribution in [0.4, 0.5) is 0 Å². The van der Waals surface area contributed by atoms with Crippen molar-refractivity contribution in [3.05, 3.63) is 0 Å². The van der Waals surface area contributed by atoms with Crippen molar-refractivity contribution in [3.8, 4) is 0 Å². The first-order valence-electron chi connectivity index (χ1n) is 9.53. The van der Waals surface area contributed by atoms with Crippen LogP contribution in [-0.4, -0.2) is 62.0 Å². The van der Waals surface area contributed by atoms with Crippen molar-refractivity contribution in [1.29, 1.82) is 0 Å². The van der Waals surface area contributed by atoms with Gasteiger partial charge in [0, 0.05) is 5.75 Å². The molecular weight excluding hydrogens is 344 g/mol. The first-order valence-corrected chi connectivity index (χ1v) is 10.5. The Balaban J connectivity index is 2.05. The van der Waals surface area contributed by atoms with Crippen LogP contribution in [0.25, 0.3) is 0 Å². The molecule has 0 bridgehead atoms. The van der Waals surface area contributed by atoms with Crippen LogP contribution in [0, 0.1) is 0 Å². The summed E-state index contributed by atoms with van der Waals surface area (Å²) < 4.78 is 4.92. The Bertz CT molecular complexity index is 367. The molecule has 1 aliphatic heterocycles. The van der Waals surface area contributed by atoms with E-state index in [4.69, 9.17) is 4.74 Å². The average molecular weight is 379 g/mol. The second-order valence-electron chi connectivity index (χ2n) is 6.77. The molecule has 1 fully saturated rings. The number of carbonyl (C=O) groups is 1. The van der Waals surface area contributed by atoms with Gasteiger partial charge in [0.05, 0.1) is 0 Å². The molecule has 0 radical (unpaired) electrons. The van der Waals surface area contributed by atoms with E-state index in [1.807, 2.05) is 0 Å². The van der Waals surface area contributed by atoms with E-state index in [-0.39, 0.29) is 0 Å². The van der Waals surface area contributed by atoms with Gasteiger partial charge in [-0.15, -0.1) is 0 Å². The Hall–Kier alpha value is -0.180. The third-order valence-electron chi connectivity index (χ3n) is 4.56. The minimum absolute atomic E-state index is 0.423. The zero-order chi connectivity index (χ0) is 18.7. The highest BCUT2D eigenvalue weighted by Crippen LogP contribution is 2.24. The summed E-state index contributed by atoms with van der Waals surface area (Å²) in [5.74, 6) is 0.622. The molecule has 0 aromatic carbocycles. The van der Waals surface area contributed by atoms with Gasteiger partial charge in [-0.05, 0) is 6.42 Å². The van der Waals surface area contributed by atoms with Crippen molar-refractivity contribution in [1.82, 2.24) is 0 Å². The lowest BCUT2D eigenvalue weighted by Gasteiger charge is -2.37. The van der Waals surface area contributed by atoms with E-state index in [0.29, 0.717) is 5.75 Å². The molecule has 6 nitrogen and oxygen atoms in total. The fourth-order valence-electron chi connectivity index (χ4n) is 2.90. The Morgan fingerprint density at radius 3 is 1.88 bits per heavy atom. The number of carbonyl (C=O) groups excluding carboxylic acids is 1. The van der Waals surface area contributed by atoms with Crippen LogP contribution in [-0.2, 0) is 9.53 Å². The van der Waals surface area contributed by atoms with Crippen molar-refractivity contribution >= 4 is 16.9 Å². The topological polar surface area (TPSA) is 107 Å². The van der Waals surface area contributed by atoms with E-state index in [9.17, 15) is 25.2 Å². The molecule has 1 aliphatic rings. The number of hydrogen-bond donors (Lipinski definition) is 4. The lowest BCUT2D eigenvalue weighted by atomic mass is 10.00. The second kappa shape index (κ2) is 13.1. The van der Waals surface area contributed by atoms with Gasteiger partial charge in [0.15, 0.2) is 12.4 Å². The molecular formula is C18H34O6S. The summed E-state index contributed by atoms with van der Waals surface area (Å²) in [5, 5.41) is 37.8. The molecule has 7 heteroatoms.